The quantitative estimate of drug-likeness (QED) is 0.364. The first-order chi connectivity index (χ1) is 6.99. The highest BCUT2D eigenvalue weighted by Gasteiger charge is 2.28. The van der Waals surface area contributed by atoms with E-state index in [-0.39, 0.29) is 15.5 Å². The molecule has 1 rings (SSSR count). The average molecular weight is 346 g/mol. The molecule has 0 aliphatic rings. The predicted octanol–water partition coefficient (Wildman–Crippen LogP) is 3.58. The summed E-state index contributed by atoms with van der Waals surface area (Å²) in [5, 5.41) is 10.7. The van der Waals surface area contributed by atoms with E-state index in [2.05, 4.69) is 36.8 Å². The summed E-state index contributed by atoms with van der Waals surface area (Å²) in [5.41, 5.74) is -1.17. The lowest BCUT2D eigenvalue weighted by atomic mass is 10.1. The lowest BCUT2D eigenvalue weighted by molar-refractivity contribution is -0.387. The van der Waals surface area contributed by atoms with Gasteiger partial charge in [-0.1, -0.05) is 15.9 Å². The van der Waals surface area contributed by atoms with Crippen LogP contribution in [-0.2, 0) is 5.33 Å². The normalized spacial score (nSPS) is 10.7. The largest absolute Gasteiger partial charge is 0.311 e. The van der Waals surface area contributed by atoms with E-state index in [0.29, 0.717) is 0 Å². The van der Waals surface area contributed by atoms with Crippen molar-refractivity contribution in [2.45, 2.75) is 11.8 Å². The van der Waals surface area contributed by atoms with E-state index in [1.54, 1.807) is 0 Å². The second-order valence-electron chi connectivity index (χ2n) is 2.53. The Balaban J connectivity index is 3.51. The summed E-state index contributed by atoms with van der Waals surface area (Å²) in [6.45, 7) is 0. The minimum atomic E-state index is -2.91. The number of halogens is 4. The molecule has 0 aliphatic heterocycles. The van der Waals surface area contributed by atoms with Gasteiger partial charge in [0.25, 0.3) is 6.43 Å². The molecule has 1 aromatic rings. The van der Waals surface area contributed by atoms with Gasteiger partial charge in [0, 0.05) is 11.5 Å². The maximum Gasteiger partial charge on any atom is 0.311 e. The summed E-state index contributed by atoms with van der Waals surface area (Å²) in [4.78, 5) is 13.4. The van der Waals surface area contributed by atoms with Crippen LogP contribution >= 0.6 is 31.9 Å². The number of pyridine rings is 1. The second-order valence-corrected chi connectivity index (χ2v) is 3.84. The van der Waals surface area contributed by atoms with Crippen LogP contribution in [0.5, 0.6) is 0 Å². The van der Waals surface area contributed by atoms with E-state index < -0.39 is 22.6 Å². The zero-order valence-electron chi connectivity index (χ0n) is 7.08. The van der Waals surface area contributed by atoms with Gasteiger partial charge in [-0.25, -0.2) is 13.8 Å². The Bertz CT molecular complexity index is 401. The van der Waals surface area contributed by atoms with Crippen molar-refractivity contribution in [3.8, 4) is 0 Å². The van der Waals surface area contributed by atoms with Crippen molar-refractivity contribution in [3.63, 3.8) is 0 Å². The van der Waals surface area contributed by atoms with Gasteiger partial charge in [-0.2, -0.15) is 0 Å². The van der Waals surface area contributed by atoms with E-state index in [4.69, 9.17) is 0 Å². The first-order valence-corrected chi connectivity index (χ1v) is 5.56. The van der Waals surface area contributed by atoms with E-state index in [0.717, 1.165) is 0 Å². The van der Waals surface area contributed by atoms with Gasteiger partial charge >= 0.3 is 5.69 Å². The third-order valence-corrected chi connectivity index (χ3v) is 2.86. The Kier molecular flexibility index (Phi) is 4.09. The zero-order chi connectivity index (χ0) is 11.6. The summed E-state index contributed by atoms with van der Waals surface area (Å²) >= 11 is 5.75. The summed E-state index contributed by atoms with van der Waals surface area (Å²) in [7, 11) is 0. The average Bonchev–Trinajstić information content (AvgIpc) is 2.16. The molecule has 4 nitrogen and oxygen atoms in total. The molecule has 82 valence electrons. The van der Waals surface area contributed by atoms with Crippen LogP contribution in [-0.4, -0.2) is 9.91 Å². The van der Waals surface area contributed by atoms with E-state index in [1.807, 2.05) is 0 Å². The minimum Gasteiger partial charge on any atom is -0.258 e. The fourth-order valence-electron chi connectivity index (χ4n) is 1.05. The highest BCUT2D eigenvalue weighted by molar-refractivity contribution is 9.10. The molecule has 0 radical (unpaired) electrons. The molecule has 0 atom stereocenters. The molecule has 0 fully saturated rings. The van der Waals surface area contributed by atoms with Crippen LogP contribution in [0.2, 0.25) is 0 Å². The molecule has 0 amide bonds. The van der Waals surface area contributed by atoms with Crippen molar-refractivity contribution in [1.82, 2.24) is 4.98 Å². The lowest BCUT2D eigenvalue weighted by Gasteiger charge is -2.07. The fourth-order valence-corrected chi connectivity index (χ4v) is 1.96. The van der Waals surface area contributed by atoms with Crippen LogP contribution in [0.3, 0.4) is 0 Å². The van der Waals surface area contributed by atoms with E-state index in [1.165, 1.54) is 6.20 Å². The van der Waals surface area contributed by atoms with Crippen LogP contribution < -0.4 is 0 Å². The lowest BCUT2D eigenvalue weighted by Crippen LogP contribution is -2.02. The maximum absolute atomic E-state index is 12.6. The van der Waals surface area contributed by atoms with Gasteiger partial charge in [-0.3, -0.25) is 10.1 Å². The van der Waals surface area contributed by atoms with Crippen molar-refractivity contribution >= 4 is 37.5 Å². The third kappa shape index (κ3) is 2.49. The SMILES string of the molecule is O=[N+]([O-])c1c(Br)ncc(CBr)c1C(F)F. The van der Waals surface area contributed by atoms with Crippen LogP contribution in [0.25, 0.3) is 0 Å². The van der Waals surface area contributed by atoms with Gasteiger partial charge in [0.2, 0.25) is 0 Å². The molecule has 0 aliphatic carbocycles. The highest BCUT2D eigenvalue weighted by atomic mass is 79.9. The molecule has 0 aromatic carbocycles. The summed E-state index contributed by atoms with van der Waals surface area (Å²) in [5.74, 6) is 0. The van der Waals surface area contributed by atoms with Crippen molar-refractivity contribution < 1.29 is 13.7 Å². The standard InChI is InChI=1S/C7H4Br2F2N2O2/c8-1-3-2-12-6(9)5(13(14)15)4(3)7(10)11/h2,7H,1H2. The molecule has 0 saturated heterocycles. The summed E-state index contributed by atoms with van der Waals surface area (Å²) < 4.78 is 25.1. The Morgan fingerprint density at radius 3 is 2.60 bits per heavy atom. The molecule has 1 heterocycles. The Labute approximate surface area is 100 Å². The van der Waals surface area contributed by atoms with Crippen molar-refractivity contribution in [2.24, 2.45) is 0 Å². The molecule has 0 unspecified atom stereocenters. The molecule has 8 heteroatoms. The number of aromatic nitrogens is 1. The molecule has 0 bridgehead atoms. The first kappa shape index (κ1) is 12.4. The monoisotopic (exact) mass is 344 g/mol. The van der Waals surface area contributed by atoms with Gasteiger partial charge < -0.3 is 0 Å². The van der Waals surface area contributed by atoms with Crippen molar-refractivity contribution in [2.75, 3.05) is 0 Å². The van der Waals surface area contributed by atoms with Crippen LogP contribution in [0.4, 0.5) is 14.5 Å². The fraction of sp³-hybridized carbons (Fsp3) is 0.286. The van der Waals surface area contributed by atoms with Crippen LogP contribution in [0, 0.1) is 10.1 Å². The summed E-state index contributed by atoms with van der Waals surface area (Å²) in [6.07, 6.45) is -1.73. The van der Waals surface area contributed by atoms with E-state index >= 15 is 0 Å². The third-order valence-electron chi connectivity index (χ3n) is 1.67. The smallest absolute Gasteiger partial charge is 0.258 e. The number of nitrogens with zero attached hydrogens (tertiary/aromatic N) is 2. The molecular weight excluding hydrogens is 342 g/mol. The number of hydrogen-bond donors (Lipinski definition) is 0. The van der Waals surface area contributed by atoms with Gasteiger partial charge in [-0.15, -0.1) is 0 Å². The molecule has 0 spiro atoms. The maximum atomic E-state index is 12.6. The van der Waals surface area contributed by atoms with Gasteiger partial charge in [0.15, 0.2) is 4.60 Å². The van der Waals surface area contributed by atoms with Crippen LogP contribution in [0.1, 0.15) is 17.6 Å². The molecule has 15 heavy (non-hydrogen) atoms. The van der Waals surface area contributed by atoms with Gasteiger partial charge in [-0.05, 0) is 21.5 Å². The zero-order valence-corrected chi connectivity index (χ0v) is 10.3. The number of alkyl halides is 3. The minimum absolute atomic E-state index is 0.0911. The molecule has 0 saturated carbocycles. The molecule has 0 N–H and O–H groups in total. The Morgan fingerprint density at radius 1 is 1.60 bits per heavy atom. The Morgan fingerprint density at radius 2 is 2.20 bits per heavy atom. The van der Waals surface area contributed by atoms with E-state index in [9.17, 15) is 18.9 Å². The molecular formula is C7H4Br2F2N2O2. The number of hydrogen-bond acceptors (Lipinski definition) is 3. The van der Waals surface area contributed by atoms with Crippen LogP contribution in [0.15, 0.2) is 10.8 Å². The number of nitro groups is 1. The summed E-state index contributed by atoms with van der Waals surface area (Å²) in [6, 6.07) is 0. The van der Waals surface area contributed by atoms with Gasteiger partial charge in [0.1, 0.15) is 5.56 Å². The first-order valence-electron chi connectivity index (χ1n) is 3.64. The topological polar surface area (TPSA) is 56.0 Å². The number of rotatable bonds is 3. The van der Waals surface area contributed by atoms with Gasteiger partial charge in [0.05, 0.1) is 4.92 Å². The Hall–Kier alpha value is -0.630. The molecule has 1 aromatic heterocycles. The second kappa shape index (κ2) is 4.93. The highest BCUT2D eigenvalue weighted by Crippen LogP contribution is 2.36. The van der Waals surface area contributed by atoms with Crippen molar-refractivity contribution in [1.29, 1.82) is 0 Å². The van der Waals surface area contributed by atoms with Crippen molar-refractivity contribution in [3.05, 3.63) is 32.0 Å². The predicted molar refractivity (Wildman–Crippen MR) is 56.2 cm³/mol.